The lowest BCUT2D eigenvalue weighted by atomic mass is 10.1. The highest BCUT2D eigenvalue weighted by Crippen LogP contribution is 2.23. The number of fused-ring (bicyclic) bond motifs is 1. The summed E-state index contributed by atoms with van der Waals surface area (Å²) in [5.74, 6) is 0. The number of nitrogens with zero attached hydrogens (tertiary/aromatic N) is 4. The third kappa shape index (κ3) is 5.68. The summed E-state index contributed by atoms with van der Waals surface area (Å²) in [4.78, 5) is 19.0. The zero-order valence-corrected chi connectivity index (χ0v) is 18.0. The van der Waals surface area contributed by atoms with Crippen molar-refractivity contribution in [2.75, 3.05) is 26.4 Å². The van der Waals surface area contributed by atoms with E-state index >= 15 is 0 Å². The van der Waals surface area contributed by atoms with E-state index < -0.39 is 0 Å². The van der Waals surface area contributed by atoms with Crippen LogP contribution >= 0.6 is 0 Å². The Labute approximate surface area is 183 Å². The van der Waals surface area contributed by atoms with E-state index in [1.807, 2.05) is 36.8 Å². The fourth-order valence-corrected chi connectivity index (χ4v) is 3.49. The van der Waals surface area contributed by atoms with Gasteiger partial charge in [-0.25, -0.2) is 0 Å². The third-order valence-corrected chi connectivity index (χ3v) is 5.01. The Kier molecular flexibility index (Phi) is 7.36. The lowest BCUT2D eigenvalue weighted by molar-refractivity contribution is 0.400. The normalized spacial score (nSPS) is 10.7. The maximum Gasteiger partial charge on any atom is 0.0722 e. The first-order chi connectivity index (χ1) is 15.1. The molecule has 4 rings (SSSR count). The highest BCUT2D eigenvalue weighted by Gasteiger charge is 2.09. The molecule has 0 bridgehead atoms. The first kappa shape index (κ1) is 22.0. The minimum Gasteiger partial charge on any atom is -0.397 e. The number of terminal acetylenes is 1. The van der Waals surface area contributed by atoms with Crippen LogP contribution in [0.2, 0.25) is 0 Å². The number of aromatic amines is 1. The molecule has 0 amide bonds. The fourth-order valence-electron chi connectivity index (χ4n) is 3.49. The van der Waals surface area contributed by atoms with Gasteiger partial charge in [0.2, 0.25) is 0 Å². The van der Waals surface area contributed by atoms with Crippen LogP contribution in [-0.4, -0.2) is 45.5 Å². The van der Waals surface area contributed by atoms with E-state index in [4.69, 9.17) is 10.7 Å². The number of rotatable bonds is 7. The quantitative estimate of drug-likeness (QED) is 0.449. The van der Waals surface area contributed by atoms with Crippen molar-refractivity contribution in [3.63, 3.8) is 0 Å². The summed E-state index contributed by atoms with van der Waals surface area (Å²) in [7, 11) is 4.19. The molecule has 0 aliphatic rings. The molecule has 0 unspecified atom stereocenters. The van der Waals surface area contributed by atoms with E-state index in [9.17, 15) is 0 Å². The first-order valence-corrected chi connectivity index (χ1v) is 10.2. The topological polar surface area (TPSA) is 83.7 Å². The first-order valence-electron chi connectivity index (χ1n) is 10.2. The molecular weight excluding hydrogens is 384 g/mol. The molecule has 0 radical (unpaired) electrons. The van der Waals surface area contributed by atoms with Crippen molar-refractivity contribution in [2.45, 2.75) is 19.3 Å². The van der Waals surface area contributed by atoms with Gasteiger partial charge in [-0.05, 0) is 69.4 Å². The lowest BCUT2D eigenvalue weighted by Crippen LogP contribution is -2.13. The highest BCUT2D eigenvalue weighted by atomic mass is 15.0. The van der Waals surface area contributed by atoms with Crippen LogP contribution in [0.15, 0.2) is 55.1 Å². The maximum atomic E-state index is 6.22. The number of nitrogens with one attached hydrogen (secondary N) is 1. The van der Waals surface area contributed by atoms with Gasteiger partial charge in [0.05, 0.1) is 28.8 Å². The van der Waals surface area contributed by atoms with Gasteiger partial charge in [-0.3, -0.25) is 15.0 Å². The number of anilines is 1. The second-order valence-electron chi connectivity index (χ2n) is 7.66. The van der Waals surface area contributed by atoms with Gasteiger partial charge >= 0.3 is 0 Å². The molecule has 6 nitrogen and oxygen atoms in total. The number of nitrogen functional groups attached to an aromatic ring is 1. The average Bonchev–Trinajstić information content (AvgIpc) is 3.19. The molecule has 4 aromatic rings. The number of aryl methyl sites for hydroxylation is 1. The zero-order chi connectivity index (χ0) is 22.2. The summed E-state index contributed by atoms with van der Waals surface area (Å²) in [6.45, 7) is 1.06. The summed E-state index contributed by atoms with van der Waals surface area (Å²) in [6, 6.07) is 10.2. The van der Waals surface area contributed by atoms with E-state index in [1.165, 1.54) is 5.56 Å². The Hall–Kier alpha value is -3.69. The van der Waals surface area contributed by atoms with Gasteiger partial charge in [-0.2, -0.15) is 0 Å². The molecule has 4 aromatic heterocycles. The number of aromatic nitrogens is 4. The molecule has 0 atom stereocenters. The number of H-pyrrole nitrogens is 1. The summed E-state index contributed by atoms with van der Waals surface area (Å²) < 4.78 is 0. The second kappa shape index (κ2) is 10.4. The third-order valence-electron chi connectivity index (χ3n) is 5.01. The predicted octanol–water partition coefficient (Wildman–Crippen LogP) is 3.94. The second-order valence-corrected chi connectivity index (χ2v) is 7.66. The Morgan fingerprint density at radius 2 is 1.87 bits per heavy atom. The van der Waals surface area contributed by atoms with Gasteiger partial charge in [0.15, 0.2) is 0 Å². The number of pyridine rings is 3. The van der Waals surface area contributed by atoms with Crippen LogP contribution in [0.25, 0.3) is 22.2 Å². The summed E-state index contributed by atoms with van der Waals surface area (Å²) >= 11 is 0. The molecule has 0 saturated heterocycles. The van der Waals surface area contributed by atoms with Crippen LogP contribution in [0.1, 0.15) is 23.4 Å². The summed E-state index contributed by atoms with van der Waals surface area (Å²) in [6.07, 6.45) is 18.2. The van der Waals surface area contributed by atoms with E-state index in [0.29, 0.717) is 12.1 Å². The zero-order valence-electron chi connectivity index (χ0n) is 18.0. The molecule has 0 aromatic carbocycles. The molecule has 0 fully saturated rings. The molecule has 6 heteroatoms. The monoisotopic (exact) mass is 412 g/mol. The van der Waals surface area contributed by atoms with Crippen LogP contribution in [-0.2, 0) is 12.8 Å². The van der Waals surface area contributed by atoms with Crippen molar-refractivity contribution in [1.82, 2.24) is 24.8 Å². The van der Waals surface area contributed by atoms with Crippen LogP contribution in [0.3, 0.4) is 0 Å². The Bertz CT molecular complexity index is 1130. The van der Waals surface area contributed by atoms with Gasteiger partial charge in [0.1, 0.15) is 0 Å². The Morgan fingerprint density at radius 3 is 2.65 bits per heavy atom. The molecule has 3 N–H and O–H groups in total. The number of nitrogens with two attached hydrogens (primary N) is 1. The SMILES string of the molecule is C#C.CN(C)CCCc1cncc(-c2ccc(N)c(Cc3cc4ccncc4[nH]3)n2)c1. The predicted molar refractivity (Wildman–Crippen MR) is 128 cm³/mol. The van der Waals surface area contributed by atoms with Crippen molar-refractivity contribution >= 4 is 16.6 Å². The molecule has 4 heterocycles. The molecule has 0 aliphatic heterocycles. The Balaban J connectivity index is 0.00000132. The standard InChI is InChI=1S/C23H26N6.C2H2/c1-29(2)9-3-4-16-10-18(14-26-13-16)21-6-5-20(24)22(28-21)12-19-11-17-7-8-25-15-23(17)27-19;1-2/h5-8,10-11,13-15,27H,3-4,9,12,24H2,1-2H3;1-2H. The molecule has 0 aliphatic carbocycles. The largest absolute Gasteiger partial charge is 0.397 e. The number of hydrogen-bond acceptors (Lipinski definition) is 5. The molecule has 31 heavy (non-hydrogen) atoms. The minimum atomic E-state index is 0.643. The van der Waals surface area contributed by atoms with E-state index in [2.05, 4.69) is 58.9 Å². The van der Waals surface area contributed by atoms with Crippen molar-refractivity contribution < 1.29 is 0 Å². The van der Waals surface area contributed by atoms with Gasteiger partial charge in [-0.15, -0.1) is 12.8 Å². The molecule has 0 spiro atoms. The van der Waals surface area contributed by atoms with E-state index in [0.717, 1.165) is 52.9 Å². The van der Waals surface area contributed by atoms with Crippen LogP contribution in [0.4, 0.5) is 5.69 Å². The van der Waals surface area contributed by atoms with Gasteiger partial charge in [0.25, 0.3) is 0 Å². The summed E-state index contributed by atoms with van der Waals surface area (Å²) in [5.41, 5.74) is 13.0. The van der Waals surface area contributed by atoms with Gasteiger partial charge < -0.3 is 15.6 Å². The maximum absolute atomic E-state index is 6.22. The lowest BCUT2D eigenvalue weighted by Gasteiger charge is -2.10. The van der Waals surface area contributed by atoms with Crippen LogP contribution in [0, 0.1) is 12.8 Å². The number of hydrogen-bond donors (Lipinski definition) is 2. The van der Waals surface area contributed by atoms with E-state index in [1.54, 1.807) is 6.20 Å². The van der Waals surface area contributed by atoms with Crippen LogP contribution < -0.4 is 5.73 Å². The molecule has 158 valence electrons. The molecular formula is C25H28N6. The Morgan fingerprint density at radius 1 is 1.03 bits per heavy atom. The van der Waals surface area contributed by atoms with Gasteiger partial charge in [-0.1, -0.05) is 0 Å². The van der Waals surface area contributed by atoms with Crippen molar-refractivity contribution in [1.29, 1.82) is 0 Å². The van der Waals surface area contributed by atoms with E-state index in [-0.39, 0.29) is 0 Å². The highest BCUT2D eigenvalue weighted by molar-refractivity contribution is 5.79. The van der Waals surface area contributed by atoms with Crippen molar-refractivity contribution in [2.24, 2.45) is 0 Å². The smallest absolute Gasteiger partial charge is 0.0722 e. The summed E-state index contributed by atoms with van der Waals surface area (Å²) in [5, 5.41) is 1.14. The van der Waals surface area contributed by atoms with Gasteiger partial charge in [0, 0.05) is 41.7 Å². The fraction of sp³-hybridized carbons (Fsp3) is 0.240. The van der Waals surface area contributed by atoms with Crippen molar-refractivity contribution in [3.05, 3.63) is 72.1 Å². The van der Waals surface area contributed by atoms with Crippen molar-refractivity contribution in [3.8, 4) is 24.1 Å². The average molecular weight is 413 g/mol. The molecule has 0 saturated carbocycles. The van der Waals surface area contributed by atoms with Crippen LogP contribution in [0.5, 0.6) is 0 Å². The minimum absolute atomic E-state index is 0.643.